The minimum atomic E-state index is -3.41. The van der Waals surface area contributed by atoms with E-state index in [0.29, 0.717) is 48.7 Å². The maximum atomic E-state index is 13.0. The fourth-order valence-electron chi connectivity index (χ4n) is 4.11. The first kappa shape index (κ1) is 22.3. The van der Waals surface area contributed by atoms with Gasteiger partial charge in [-0.15, -0.1) is 0 Å². The molecule has 4 rings (SSSR count). The molecular weight excluding hydrogens is 461 g/mol. The van der Waals surface area contributed by atoms with Gasteiger partial charge in [-0.25, -0.2) is 13.4 Å². The summed E-state index contributed by atoms with van der Waals surface area (Å²) in [5, 5.41) is 3.50. The van der Waals surface area contributed by atoms with E-state index in [4.69, 9.17) is 27.9 Å². The van der Waals surface area contributed by atoms with Gasteiger partial charge in [0.25, 0.3) is 5.91 Å². The van der Waals surface area contributed by atoms with E-state index in [1.807, 2.05) is 12.1 Å². The maximum Gasteiger partial charge on any atom is 0.257 e. The van der Waals surface area contributed by atoms with Crippen molar-refractivity contribution < 1.29 is 17.9 Å². The van der Waals surface area contributed by atoms with E-state index in [1.165, 1.54) is 16.6 Å². The molecule has 2 saturated heterocycles. The zero-order valence-electron chi connectivity index (χ0n) is 17.0. The van der Waals surface area contributed by atoms with Crippen LogP contribution in [0.2, 0.25) is 10.0 Å². The zero-order valence-corrected chi connectivity index (χ0v) is 19.3. The average molecular weight is 484 g/mol. The molecule has 31 heavy (non-hydrogen) atoms. The molecule has 1 aromatic carbocycles. The molecule has 0 radical (unpaired) electrons. The minimum absolute atomic E-state index is 0.0642. The molecule has 2 fully saturated rings. The van der Waals surface area contributed by atoms with Crippen molar-refractivity contribution in [3.63, 3.8) is 0 Å². The SMILES string of the molecule is CC1COCCC1c1cc(Cl)cc(NC(=O)c2cc(N3CCCS3(=O)=O)ncc2Cl)c1. The van der Waals surface area contributed by atoms with Gasteiger partial charge >= 0.3 is 0 Å². The molecule has 2 unspecified atom stereocenters. The standard InChI is InChI=1S/C21H23Cl2N3O4S/c1-13-12-30-5-3-17(13)14-7-15(22)9-16(8-14)25-21(27)18-10-20(24-11-19(18)23)26-4-2-6-31(26,28)29/h7-11,13,17H,2-6,12H2,1H3,(H,25,27). The third-order valence-corrected chi connectivity index (χ3v) is 8.05. The van der Waals surface area contributed by atoms with E-state index in [1.54, 1.807) is 6.07 Å². The Hall–Kier alpha value is -1.87. The lowest BCUT2D eigenvalue weighted by molar-refractivity contribution is 0.0473. The molecule has 166 valence electrons. The Kier molecular flexibility index (Phi) is 6.44. The van der Waals surface area contributed by atoms with Crippen LogP contribution >= 0.6 is 23.2 Å². The highest BCUT2D eigenvalue weighted by molar-refractivity contribution is 7.93. The van der Waals surface area contributed by atoms with Crippen molar-refractivity contribution in [2.45, 2.75) is 25.7 Å². The minimum Gasteiger partial charge on any atom is -0.381 e. The summed E-state index contributed by atoms with van der Waals surface area (Å²) in [7, 11) is -3.41. The third kappa shape index (κ3) is 4.82. The average Bonchev–Trinajstić information content (AvgIpc) is 3.07. The molecule has 1 N–H and O–H groups in total. The van der Waals surface area contributed by atoms with E-state index >= 15 is 0 Å². The first-order chi connectivity index (χ1) is 14.7. The van der Waals surface area contributed by atoms with Gasteiger partial charge in [-0.05, 0) is 54.5 Å². The Morgan fingerprint density at radius 3 is 2.77 bits per heavy atom. The number of aromatic nitrogens is 1. The number of nitrogens with zero attached hydrogens (tertiary/aromatic N) is 2. The molecule has 7 nitrogen and oxygen atoms in total. The van der Waals surface area contributed by atoms with Gasteiger partial charge in [0.2, 0.25) is 10.0 Å². The number of carbonyl (C=O) groups excluding carboxylic acids is 1. The molecule has 0 spiro atoms. The molecule has 0 bridgehead atoms. The van der Waals surface area contributed by atoms with Crippen LogP contribution in [0.5, 0.6) is 0 Å². The van der Waals surface area contributed by atoms with Crippen molar-refractivity contribution in [2.75, 3.05) is 35.1 Å². The lowest BCUT2D eigenvalue weighted by Crippen LogP contribution is -2.26. The lowest BCUT2D eigenvalue weighted by atomic mass is 9.84. The van der Waals surface area contributed by atoms with E-state index in [2.05, 4.69) is 17.2 Å². The van der Waals surface area contributed by atoms with E-state index in [0.717, 1.165) is 12.0 Å². The number of hydrogen-bond acceptors (Lipinski definition) is 5. The molecular formula is C21H23Cl2N3O4S. The van der Waals surface area contributed by atoms with Crippen LogP contribution in [-0.4, -0.2) is 44.8 Å². The highest BCUT2D eigenvalue weighted by Gasteiger charge is 2.30. The molecule has 1 amide bonds. The lowest BCUT2D eigenvalue weighted by Gasteiger charge is -2.29. The van der Waals surface area contributed by atoms with Crippen LogP contribution in [0.15, 0.2) is 30.5 Å². The van der Waals surface area contributed by atoms with E-state index in [-0.39, 0.29) is 22.2 Å². The molecule has 3 heterocycles. The van der Waals surface area contributed by atoms with Gasteiger partial charge in [-0.3, -0.25) is 9.10 Å². The third-order valence-electron chi connectivity index (χ3n) is 5.69. The van der Waals surface area contributed by atoms with Crippen molar-refractivity contribution in [3.8, 4) is 0 Å². The van der Waals surface area contributed by atoms with E-state index in [9.17, 15) is 13.2 Å². The predicted molar refractivity (Wildman–Crippen MR) is 122 cm³/mol. The number of benzene rings is 1. The number of hydrogen-bond donors (Lipinski definition) is 1. The largest absolute Gasteiger partial charge is 0.381 e. The van der Waals surface area contributed by atoms with Crippen LogP contribution in [0.1, 0.15) is 41.6 Å². The van der Waals surface area contributed by atoms with Gasteiger partial charge < -0.3 is 10.1 Å². The van der Waals surface area contributed by atoms with Gasteiger partial charge in [-0.1, -0.05) is 30.1 Å². The number of rotatable bonds is 4. The molecule has 0 aliphatic carbocycles. The van der Waals surface area contributed by atoms with Crippen LogP contribution in [0, 0.1) is 5.92 Å². The Morgan fingerprint density at radius 2 is 2.06 bits per heavy atom. The monoisotopic (exact) mass is 483 g/mol. The van der Waals surface area contributed by atoms with Crippen molar-refractivity contribution in [3.05, 3.63) is 51.6 Å². The quantitative estimate of drug-likeness (QED) is 0.699. The summed E-state index contributed by atoms with van der Waals surface area (Å²) >= 11 is 12.5. The highest BCUT2D eigenvalue weighted by Crippen LogP contribution is 2.35. The number of sulfonamides is 1. The summed E-state index contributed by atoms with van der Waals surface area (Å²) < 4.78 is 31.1. The first-order valence-corrected chi connectivity index (χ1v) is 12.5. The van der Waals surface area contributed by atoms with Crippen LogP contribution in [-0.2, 0) is 14.8 Å². The summed E-state index contributed by atoms with van der Waals surface area (Å²) in [5.74, 6) is 0.428. The number of halogens is 2. The summed E-state index contributed by atoms with van der Waals surface area (Å²) in [6, 6.07) is 6.91. The maximum absolute atomic E-state index is 13.0. The Bertz CT molecular complexity index is 1110. The van der Waals surface area contributed by atoms with Gasteiger partial charge in [0.1, 0.15) is 5.82 Å². The molecule has 2 aliphatic rings. The first-order valence-electron chi connectivity index (χ1n) is 10.1. The number of amides is 1. The molecule has 1 aromatic heterocycles. The Labute approximate surface area is 191 Å². The summed E-state index contributed by atoms with van der Waals surface area (Å²) in [6.45, 7) is 3.85. The number of anilines is 2. The second kappa shape index (κ2) is 8.94. The smallest absolute Gasteiger partial charge is 0.257 e. The fourth-order valence-corrected chi connectivity index (χ4v) is 6.05. The zero-order chi connectivity index (χ0) is 22.2. The number of ether oxygens (including phenoxy) is 1. The van der Waals surface area contributed by atoms with Crippen molar-refractivity contribution in [1.29, 1.82) is 0 Å². The second-order valence-electron chi connectivity index (χ2n) is 7.94. The Morgan fingerprint density at radius 1 is 1.26 bits per heavy atom. The van der Waals surface area contributed by atoms with Crippen molar-refractivity contribution >= 4 is 50.6 Å². The molecule has 2 atom stereocenters. The Balaban J connectivity index is 1.59. The number of pyridine rings is 1. The van der Waals surface area contributed by atoms with Gasteiger partial charge in [0, 0.05) is 36.7 Å². The summed E-state index contributed by atoms with van der Waals surface area (Å²) in [6.07, 6.45) is 2.70. The van der Waals surface area contributed by atoms with Crippen LogP contribution in [0.4, 0.5) is 11.5 Å². The normalized spacial score (nSPS) is 23.0. The topological polar surface area (TPSA) is 88.6 Å². The molecule has 2 aliphatic heterocycles. The number of carbonyl (C=O) groups is 1. The van der Waals surface area contributed by atoms with Crippen LogP contribution < -0.4 is 9.62 Å². The van der Waals surface area contributed by atoms with Gasteiger partial charge in [-0.2, -0.15) is 0 Å². The second-order valence-corrected chi connectivity index (χ2v) is 10.8. The highest BCUT2D eigenvalue weighted by atomic mass is 35.5. The van der Waals surface area contributed by atoms with Gasteiger partial charge in [0.05, 0.1) is 16.3 Å². The molecule has 0 saturated carbocycles. The number of nitrogens with one attached hydrogen (secondary N) is 1. The fraction of sp³-hybridized carbons (Fsp3) is 0.429. The van der Waals surface area contributed by atoms with Crippen molar-refractivity contribution in [1.82, 2.24) is 4.98 Å². The predicted octanol–water partition coefficient (Wildman–Crippen LogP) is 4.32. The summed E-state index contributed by atoms with van der Waals surface area (Å²) in [4.78, 5) is 17.1. The molecule has 2 aromatic rings. The van der Waals surface area contributed by atoms with Crippen molar-refractivity contribution in [2.24, 2.45) is 5.92 Å². The van der Waals surface area contributed by atoms with Crippen LogP contribution in [0.25, 0.3) is 0 Å². The molecule has 10 heteroatoms. The van der Waals surface area contributed by atoms with Gasteiger partial charge in [0.15, 0.2) is 0 Å². The van der Waals surface area contributed by atoms with E-state index < -0.39 is 15.9 Å². The summed E-state index contributed by atoms with van der Waals surface area (Å²) in [5.41, 5.74) is 1.74. The van der Waals surface area contributed by atoms with Crippen LogP contribution in [0.3, 0.4) is 0 Å².